The first-order chi connectivity index (χ1) is 11.9. The van der Waals surface area contributed by atoms with Crippen LogP contribution in [0.4, 0.5) is 0 Å². The van der Waals surface area contributed by atoms with Crippen LogP contribution in [0.5, 0.6) is 0 Å². The summed E-state index contributed by atoms with van der Waals surface area (Å²) in [6.45, 7) is 16.0. The Hall–Kier alpha value is -1.66. The maximum atomic E-state index is 5.01. The van der Waals surface area contributed by atoms with Crippen LogP contribution in [0.2, 0.25) is 0 Å². The van der Waals surface area contributed by atoms with Crippen molar-refractivity contribution in [2.75, 3.05) is 0 Å². The third kappa shape index (κ3) is 8.26. The molecule has 0 N–H and O–H groups in total. The van der Waals surface area contributed by atoms with Crippen LogP contribution in [0.25, 0.3) is 20.8 Å². The molecule has 24 heavy (non-hydrogen) atoms. The van der Waals surface area contributed by atoms with Crippen LogP contribution >= 0.6 is 22.7 Å². The molecule has 0 aliphatic heterocycles. The van der Waals surface area contributed by atoms with E-state index < -0.39 is 0 Å². The molecule has 0 fully saturated rings. The molecular weight excluding hydrogens is 340 g/mol. The summed E-state index contributed by atoms with van der Waals surface area (Å²) < 4.78 is 9.98. The third-order valence-electron chi connectivity index (χ3n) is 1.92. The molecule has 4 nitrogen and oxygen atoms in total. The molecule has 0 saturated heterocycles. The van der Waals surface area contributed by atoms with Gasteiger partial charge in [-0.25, -0.2) is 9.97 Å². The number of hydrogen-bond acceptors (Lipinski definition) is 6. The van der Waals surface area contributed by atoms with Crippen LogP contribution in [0.1, 0.15) is 55.4 Å². The second-order valence-corrected chi connectivity index (χ2v) is 4.59. The van der Waals surface area contributed by atoms with Gasteiger partial charge < -0.3 is 8.83 Å². The van der Waals surface area contributed by atoms with Gasteiger partial charge in [0, 0.05) is 6.07 Å². The maximum absolute atomic E-state index is 5.01. The topological polar surface area (TPSA) is 52.1 Å². The number of hydrogen-bond donors (Lipinski definition) is 0. The zero-order chi connectivity index (χ0) is 18.8. The van der Waals surface area contributed by atoms with Gasteiger partial charge in [0.05, 0.1) is 11.8 Å². The van der Waals surface area contributed by atoms with E-state index in [0.29, 0.717) is 0 Å². The van der Waals surface area contributed by atoms with Crippen molar-refractivity contribution in [3.8, 4) is 0 Å². The number of thiophene rings is 1. The number of aromatic nitrogens is 2. The largest absolute Gasteiger partial charge is 0.452 e. The van der Waals surface area contributed by atoms with Crippen molar-refractivity contribution < 1.29 is 8.83 Å². The highest BCUT2D eigenvalue weighted by atomic mass is 32.1. The predicted molar refractivity (Wildman–Crippen MR) is 109 cm³/mol. The average Bonchev–Trinajstić information content (AvgIpc) is 3.43. The molecule has 0 aromatic carbocycles. The molecule has 0 saturated carbocycles. The fraction of sp³-hybridized carbons (Fsp3) is 0.444. The fourth-order valence-corrected chi connectivity index (χ4v) is 2.48. The number of oxazole rings is 1. The van der Waals surface area contributed by atoms with Gasteiger partial charge in [-0.05, 0) is 11.4 Å². The fourth-order valence-electron chi connectivity index (χ4n) is 1.21. The van der Waals surface area contributed by atoms with Crippen LogP contribution < -0.4 is 0 Å². The molecule has 0 spiro atoms. The Morgan fingerprint density at radius 1 is 0.708 bits per heavy atom. The molecule has 0 radical (unpaired) electrons. The van der Waals surface area contributed by atoms with E-state index in [2.05, 4.69) is 9.97 Å². The van der Waals surface area contributed by atoms with Gasteiger partial charge in [0.1, 0.15) is 11.0 Å². The molecule has 136 valence electrons. The first kappa shape index (κ1) is 24.6. The van der Waals surface area contributed by atoms with Crippen molar-refractivity contribution in [1.82, 2.24) is 9.97 Å². The van der Waals surface area contributed by atoms with E-state index in [0.717, 1.165) is 20.8 Å². The lowest BCUT2D eigenvalue weighted by Crippen LogP contribution is -1.49. The summed E-state index contributed by atoms with van der Waals surface area (Å²) in [5, 5.41) is 1.96. The van der Waals surface area contributed by atoms with Gasteiger partial charge >= 0.3 is 0 Å². The van der Waals surface area contributed by atoms with Gasteiger partial charge in [-0.15, -0.1) is 11.3 Å². The van der Waals surface area contributed by atoms with Crippen LogP contribution in [-0.2, 0) is 0 Å². The SMILES string of the molecule is CC.CC.CC.CC.c1cc2ncsc2o1.c1nc2ccsc2o1. The molecule has 4 aromatic heterocycles. The Kier molecular flexibility index (Phi) is 18.1. The van der Waals surface area contributed by atoms with Crippen molar-refractivity contribution in [2.45, 2.75) is 55.4 Å². The first-order valence-corrected chi connectivity index (χ1v) is 10.2. The molecular formula is C18H30N2O2S2. The summed E-state index contributed by atoms with van der Waals surface area (Å²) >= 11 is 3.08. The summed E-state index contributed by atoms with van der Waals surface area (Å²) in [5.41, 5.74) is 3.68. The highest BCUT2D eigenvalue weighted by molar-refractivity contribution is 7.16. The van der Waals surface area contributed by atoms with Crippen LogP contribution in [-0.4, -0.2) is 9.97 Å². The van der Waals surface area contributed by atoms with Gasteiger partial charge in [-0.2, -0.15) is 0 Å². The van der Waals surface area contributed by atoms with E-state index >= 15 is 0 Å². The summed E-state index contributed by atoms with van der Waals surface area (Å²) in [6, 6.07) is 3.79. The quantitative estimate of drug-likeness (QED) is 0.316. The van der Waals surface area contributed by atoms with E-state index in [-0.39, 0.29) is 0 Å². The summed E-state index contributed by atoms with van der Waals surface area (Å²) in [4.78, 5) is 9.74. The second kappa shape index (κ2) is 17.7. The smallest absolute Gasteiger partial charge is 0.208 e. The van der Waals surface area contributed by atoms with Crippen molar-refractivity contribution >= 4 is 43.5 Å². The Bertz CT molecular complexity index is 532. The third-order valence-corrected chi connectivity index (χ3v) is 3.45. The lowest BCUT2D eigenvalue weighted by molar-refractivity contribution is 0.609. The van der Waals surface area contributed by atoms with E-state index in [4.69, 9.17) is 8.83 Å². The summed E-state index contributed by atoms with van der Waals surface area (Å²) in [7, 11) is 0. The van der Waals surface area contributed by atoms with Crippen molar-refractivity contribution in [1.29, 1.82) is 0 Å². The lowest BCUT2D eigenvalue weighted by Gasteiger charge is -1.63. The van der Waals surface area contributed by atoms with E-state index in [9.17, 15) is 0 Å². The Labute approximate surface area is 153 Å². The van der Waals surface area contributed by atoms with Gasteiger partial charge in [-0.1, -0.05) is 66.7 Å². The number of furan rings is 1. The van der Waals surface area contributed by atoms with Gasteiger partial charge in [0.2, 0.25) is 9.79 Å². The zero-order valence-electron chi connectivity index (χ0n) is 16.0. The minimum Gasteiger partial charge on any atom is -0.452 e. The molecule has 4 aromatic rings. The zero-order valence-corrected chi connectivity index (χ0v) is 17.6. The standard InChI is InChI=1S/2C5H3NOS.4C2H6/c1-2-8-5-4(1)6-3-7-5;1-2-7-5-4(1)6-3-8-5;4*1-2/h2*1-3H;4*1-2H3. The molecule has 4 rings (SSSR count). The second-order valence-electron chi connectivity index (χ2n) is 2.89. The van der Waals surface area contributed by atoms with Crippen molar-refractivity contribution in [3.05, 3.63) is 35.7 Å². The van der Waals surface area contributed by atoms with Crippen LogP contribution in [0.15, 0.2) is 44.5 Å². The van der Waals surface area contributed by atoms with Gasteiger partial charge in [0.15, 0.2) is 6.39 Å². The average molecular weight is 371 g/mol. The molecule has 0 bridgehead atoms. The normalized spacial score (nSPS) is 8.00. The summed E-state index contributed by atoms with van der Waals surface area (Å²) in [6.07, 6.45) is 3.11. The molecule has 0 aliphatic rings. The number of rotatable bonds is 0. The highest BCUT2D eigenvalue weighted by Gasteiger charge is 1.95. The first-order valence-electron chi connectivity index (χ1n) is 8.47. The molecule has 0 amide bonds. The van der Waals surface area contributed by atoms with Gasteiger partial charge in [0.25, 0.3) is 0 Å². The molecule has 6 heteroatoms. The van der Waals surface area contributed by atoms with Crippen LogP contribution in [0.3, 0.4) is 0 Å². The van der Waals surface area contributed by atoms with E-state index in [1.165, 1.54) is 17.7 Å². The predicted octanol–water partition coefficient (Wildman–Crippen LogP) is 7.88. The number of thiazole rings is 1. The molecule has 4 heterocycles. The Morgan fingerprint density at radius 3 is 1.88 bits per heavy atom. The lowest BCUT2D eigenvalue weighted by atomic mass is 10.6. The molecule has 0 unspecified atom stereocenters. The minimum absolute atomic E-state index is 0.907. The molecule has 0 atom stereocenters. The van der Waals surface area contributed by atoms with E-state index in [1.54, 1.807) is 23.1 Å². The molecule has 0 aliphatic carbocycles. The highest BCUT2D eigenvalue weighted by Crippen LogP contribution is 2.17. The van der Waals surface area contributed by atoms with Crippen molar-refractivity contribution in [3.63, 3.8) is 0 Å². The Morgan fingerprint density at radius 2 is 1.29 bits per heavy atom. The van der Waals surface area contributed by atoms with E-state index in [1.807, 2.05) is 72.9 Å². The monoisotopic (exact) mass is 370 g/mol. The van der Waals surface area contributed by atoms with Crippen molar-refractivity contribution in [2.24, 2.45) is 0 Å². The van der Waals surface area contributed by atoms with Crippen LogP contribution in [0, 0.1) is 0 Å². The number of nitrogens with zero attached hydrogens (tertiary/aromatic N) is 2. The minimum atomic E-state index is 0.907. The number of fused-ring (bicyclic) bond motifs is 2. The Balaban J connectivity index is 0. The summed E-state index contributed by atoms with van der Waals surface area (Å²) in [5.74, 6) is 0. The van der Waals surface area contributed by atoms with Gasteiger partial charge in [-0.3, -0.25) is 0 Å². The maximum Gasteiger partial charge on any atom is 0.208 e.